The molecule has 1 aromatic heterocycles. The van der Waals surface area contributed by atoms with Crippen molar-refractivity contribution in [1.29, 1.82) is 0 Å². The van der Waals surface area contributed by atoms with E-state index in [1.807, 2.05) is 60.8 Å². The van der Waals surface area contributed by atoms with Gasteiger partial charge in [-0.05, 0) is 60.2 Å². The number of carbonyl (C=O) groups is 1. The second kappa shape index (κ2) is 9.99. The van der Waals surface area contributed by atoms with Gasteiger partial charge in [0, 0.05) is 18.7 Å². The molecule has 0 aliphatic rings. The molecule has 0 saturated heterocycles. The molecule has 0 spiro atoms. The van der Waals surface area contributed by atoms with E-state index >= 15 is 0 Å². The number of amides is 1. The van der Waals surface area contributed by atoms with Gasteiger partial charge in [0.15, 0.2) is 0 Å². The van der Waals surface area contributed by atoms with Gasteiger partial charge in [0.05, 0.1) is 10.9 Å². The minimum atomic E-state index is -3.73. The van der Waals surface area contributed by atoms with Crippen LogP contribution in [0.25, 0.3) is 0 Å². The monoisotopic (exact) mass is 443 g/mol. The molecule has 0 saturated carbocycles. The third-order valence-corrected chi connectivity index (χ3v) is 6.82. The summed E-state index contributed by atoms with van der Waals surface area (Å²) >= 11 is 1.61. The van der Waals surface area contributed by atoms with Gasteiger partial charge in [-0.25, -0.2) is 13.1 Å². The molecule has 3 rings (SSSR count). The van der Waals surface area contributed by atoms with Crippen molar-refractivity contribution in [3.05, 3.63) is 88.1 Å². The van der Waals surface area contributed by atoms with E-state index in [2.05, 4.69) is 15.4 Å². The molecule has 0 fully saturated rings. The molecule has 1 heterocycles. The summed E-state index contributed by atoms with van der Waals surface area (Å²) < 4.78 is 27.9. The smallest absolute Gasteiger partial charge is 0.251 e. The molecule has 2 N–H and O–H groups in total. The van der Waals surface area contributed by atoms with Crippen molar-refractivity contribution < 1.29 is 13.2 Å². The highest BCUT2D eigenvalue weighted by atomic mass is 32.2. The van der Waals surface area contributed by atoms with Crippen LogP contribution in [-0.4, -0.2) is 39.9 Å². The molecule has 0 aliphatic carbocycles. The van der Waals surface area contributed by atoms with Crippen LogP contribution in [0.1, 0.15) is 27.5 Å². The van der Waals surface area contributed by atoms with E-state index in [1.54, 1.807) is 23.5 Å². The zero-order chi connectivity index (χ0) is 21.6. The van der Waals surface area contributed by atoms with Crippen LogP contribution in [0, 0.1) is 0 Å². The van der Waals surface area contributed by atoms with Crippen molar-refractivity contribution in [2.45, 2.75) is 17.5 Å². The number of nitrogens with zero attached hydrogens (tertiary/aromatic N) is 1. The third kappa shape index (κ3) is 5.76. The van der Waals surface area contributed by atoms with E-state index in [0.717, 1.165) is 11.1 Å². The lowest BCUT2D eigenvalue weighted by Crippen LogP contribution is -2.34. The second-order valence-corrected chi connectivity index (χ2v) is 9.63. The first-order valence-corrected chi connectivity index (χ1v) is 11.9. The van der Waals surface area contributed by atoms with Gasteiger partial charge in [0.1, 0.15) is 0 Å². The summed E-state index contributed by atoms with van der Waals surface area (Å²) in [4.78, 5) is 14.8. The lowest BCUT2D eigenvalue weighted by atomic mass is 10.1. The number of rotatable bonds is 9. The first kappa shape index (κ1) is 22.2. The van der Waals surface area contributed by atoms with Crippen LogP contribution in [0.4, 0.5) is 0 Å². The molecule has 30 heavy (non-hydrogen) atoms. The maximum Gasteiger partial charge on any atom is 0.251 e. The Kier molecular flexibility index (Phi) is 7.38. The van der Waals surface area contributed by atoms with E-state index in [9.17, 15) is 13.2 Å². The number of carbonyl (C=O) groups excluding carboxylic acids is 1. The normalized spacial score (nSPS) is 12.6. The maximum absolute atomic E-state index is 12.7. The highest BCUT2D eigenvalue weighted by Crippen LogP contribution is 2.20. The maximum atomic E-state index is 12.7. The number of hydrogen-bond donors (Lipinski definition) is 2. The van der Waals surface area contributed by atoms with E-state index in [-0.39, 0.29) is 23.4 Å². The number of sulfonamides is 1. The van der Waals surface area contributed by atoms with E-state index < -0.39 is 10.0 Å². The molecule has 3 aromatic rings. The van der Waals surface area contributed by atoms with Crippen LogP contribution < -0.4 is 10.0 Å². The van der Waals surface area contributed by atoms with Crippen molar-refractivity contribution in [2.75, 3.05) is 20.6 Å². The van der Waals surface area contributed by atoms with Crippen molar-refractivity contribution in [3.8, 4) is 0 Å². The molecule has 1 unspecified atom stereocenters. The number of benzene rings is 2. The van der Waals surface area contributed by atoms with Crippen molar-refractivity contribution in [3.63, 3.8) is 0 Å². The number of likely N-dealkylation sites (N-methyl/N-ethyl adjacent to an activating group) is 1. The predicted octanol–water partition coefficient (Wildman–Crippen LogP) is 3.26. The Labute approximate surface area is 181 Å². The Bertz CT molecular complexity index is 1070. The minimum absolute atomic E-state index is 0.0413. The van der Waals surface area contributed by atoms with Crippen LogP contribution in [0.5, 0.6) is 0 Å². The van der Waals surface area contributed by atoms with Crippen LogP contribution >= 0.6 is 11.3 Å². The first-order valence-electron chi connectivity index (χ1n) is 9.47. The number of nitrogens with one attached hydrogen (secondary N) is 2. The third-order valence-electron chi connectivity index (χ3n) is 4.72. The predicted molar refractivity (Wildman–Crippen MR) is 120 cm³/mol. The molecule has 8 heteroatoms. The van der Waals surface area contributed by atoms with E-state index in [0.29, 0.717) is 12.1 Å². The minimum Gasteiger partial charge on any atom is -0.350 e. The highest BCUT2D eigenvalue weighted by Gasteiger charge is 2.19. The van der Waals surface area contributed by atoms with Gasteiger partial charge in [-0.2, -0.15) is 11.3 Å². The molecule has 6 nitrogen and oxygen atoms in total. The summed E-state index contributed by atoms with van der Waals surface area (Å²) in [6, 6.07) is 17.4. The zero-order valence-corrected chi connectivity index (χ0v) is 18.5. The summed E-state index contributed by atoms with van der Waals surface area (Å²) in [6.45, 7) is 0.608. The molecule has 158 valence electrons. The van der Waals surface area contributed by atoms with Crippen LogP contribution in [0.3, 0.4) is 0 Å². The number of hydrogen-bond acceptors (Lipinski definition) is 5. The summed E-state index contributed by atoms with van der Waals surface area (Å²) in [6.07, 6.45) is 0. The Balaban J connectivity index is 1.67. The van der Waals surface area contributed by atoms with Crippen molar-refractivity contribution in [2.24, 2.45) is 0 Å². The average molecular weight is 444 g/mol. The van der Waals surface area contributed by atoms with Gasteiger partial charge in [-0.15, -0.1) is 0 Å². The highest BCUT2D eigenvalue weighted by molar-refractivity contribution is 7.89. The van der Waals surface area contributed by atoms with Gasteiger partial charge in [0.25, 0.3) is 5.91 Å². The Morgan fingerprint density at radius 2 is 1.83 bits per heavy atom. The Morgan fingerprint density at radius 1 is 1.07 bits per heavy atom. The van der Waals surface area contributed by atoms with Gasteiger partial charge in [0.2, 0.25) is 10.0 Å². The molecular formula is C22H25N3O3S2. The van der Waals surface area contributed by atoms with Crippen molar-refractivity contribution >= 4 is 27.3 Å². The quantitative estimate of drug-likeness (QED) is 0.532. The summed E-state index contributed by atoms with van der Waals surface area (Å²) in [5.74, 6) is -0.308. The van der Waals surface area contributed by atoms with Gasteiger partial charge < -0.3 is 10.2 Å². The van der Waals surface area contributed by atoms with Crippen LogP contribution in [0.15, 0.2) is 76.3 Å². The van der Waals surface area contributed by atoms with Crippen molar-refractivity contribution in [1.82, 2.24) is 14.9 Å². The molecule has 1 atom stereocenters. The lowest BCUT2D eigenvalue weighted by molar-refractivity contribution is 0.0941. The molecule has 0 radical (unpaired) electrons. The van der Waals surface area contributed by atoms with E-state index in [1.165, 1.54) is 12.1 Å². The fraction of sp³-hybridized carbons (Fsp3) is 0.227. The Hall–Kier alpha value is -2.52. The first-order chi connectivity index (χ1) is 14.4. The molecule has 0 aliphatic heterocycles. The van der Waals surface area contributed by atoms with Gasteiger partial charge in [-0.3, -0.25) is 4.79 Å². The topological polar surface area (TPSA) is 78.5 Å². The molecular weight excluding hydrogens is 418 g/mol. The summed E-state index contributed by atoms with van der Waals surface area (Å²) in [5.41, 5.74) is 2.30. The number of thiophene rings is 1. The molecule has 1 amide bonds. The molecule has 2 aromatic carbocycles. The summed E-state index contributed by atoms with van der Waals surface area (Å²) in [5, 5.41) is 6.98. The molecule has 0 bridgehead atoms. The van der Waals surface area contributed by atoms with Crippen LogP contribution in [-0.2, 0) is 16.6 Å². The Morgan fingerprint density at radius 3 is 2.50 bits per heavy atom. The zero-order valence-electron chi connectivity index (χ0n) is 16.9. The fourth-order valence-electron chi connectivity index (χ4n) is 3.02. The average Bonchev–Trinajstić information content (AvgIpc) is 3.27. The van der Waals surface area contributed by atoms with Crippen LogP contribution in [0.2, 0.25) is 0 Å². The standard InChI is InChI=1S/C22H25N3O3S2/c1-25(2)21(19-11-12-29-16-19)15-23-22(26)18-9-6-10-20(13-18)30(27,28)24-14-17-7-4-3-5-8-17/h3-13,16,21,24H,14-15H2,1-2H3,(H,23,26). The van der Waals surface area contributed by atoms with Gasteiger partial charge >= 0.3 is 0 Å². The SMILES string of the molecule is CN(C)C(CNC(=O)c1cccc(S(=O)(=O)NCc2ccccc2)c1)c1ccsc1. The fourth-order valence-corrected chi connectivity index (χ4v) is 4.79. The largest absolute Gasteiger partial charge is 0.350 e. The second-order valence-electron chi connectivity index (χ2n) is 7.08. The summed E-state index contributed by atoms with van der Waals surface area (Å²) in [7, 11) is 0.185. The lowest BCUT2D eigenvalue weighted by Gasteiger charge is -2.24. The van der Waals surface area contributed by atoms with Gasteiger partial charge in [-0.1, -0.05) is 36.4 Å². The van der Waals surface area contributed by atoms with E-state index in [4.69, 9.17) is 0 Å².